The molecule has 1 aliphatic rings. The van der Waals surface area contributed by atoms with Crippen molar-refractivity contribution in [1.29, 1.82) is 0 Å². The number of fused-ring (bicyclic) bond motifs is 1. The summed E-state index contributed by atoms with van der Waals surface area (Å²) in [4.78, 5) is 7.06. The van der Waals surface area contributed by atoms with Crippen molar-refractivity contribution in [3.63, 3.8) is 0 Å². The van der Waals surface area contributed by atoms with Gasteiger partial charge in [0.05, 0.1) is 5.71 Å². The zero-order chi connectivity index (χ0) is 21.8. The van der Waals surface area contributed by atoms with Gasteiger partial charge in [0.1, 0.15) is 24.8 Å². The summed E-state index contributed by atoms with van der Waals surface area (Å²) in [6.45, 7) is 5.67. The van der Waals surface area contributed by atoms with E-state index in [0.717, 1.165) is 28.1 Å². The molecule has 0 amide bonds. The van der Waals surface area contributed by atoms with E-state index in [2.05, 4.69) is 48.9 Å². The number of hydrogen-bond donors (Lipinski definition) is 1. The lowest BCUT2D eigenvalue weighted by Crippen LogP contribution is -2.29. The Bertz CT molecular complexity index is 1140. The summed E-state index contributed by atoms with van der Waals surface area (Å²) in [6.07, 6.45) is 5.36. The summed E-state index contributed by atoms with van der Waals surface area (Å²) in [5.41, 5.74) is 6.21. The number of aliphatic imine (C=N–C) groups is 1. The second-order valence-electron chi connectivity index (χ2n) is 7.92. The van der Waals surface area contributed by atoms with E-state index in [-0.39, 0.29) is 12.4 Å². The van der Waals surface area contributed by atoms with Crippen LogP contribution >= 0.6 is 0 Å². The van der Waals surface area contributed by atoms with Gasteiger partial charge in [0.15, 0.2) is 0 Å². The molecule has 0 saturated carbocycles. The van der Waals surface area contributed by atoms with Crippen LogP contribution in [-0.2, 0) is 6.54 Å². The molecule has 3 aromatic carbocycles. The van der Waals surface area contributed by atoms with Crippen LogP contribution in [0.4, 0.5) is 5.69 Å². The van der Waals surface area contributed by atoms with Crippen LogP contribution in [0.25, 0.3) is 0 Å². The summed E-state index contributed by atoms with van der Waals surface area (Å²) >= 11 is 0. The number of rotatable bonds is 6. The van der Waals surface area contributed by atoms with Crippen molar-refractivity contribution in [1.82, 2.24) is 0 Å². The zero-order valence-electron chi connectivity index (χ0n) is 17.9. The molecular formula is C27H26N2O2. The number of terminal acetylenes is 1. The normalized spacial score (nSPS) is 12.8. The largest absolute Gasteiger partial charge is 0.508 e. The Balaban J connectivity index is 1.72. The monoisotopic (exact) mass is 410 g/mol. The van der Waals surface area contributed by atoms with Gasteiger partial charge in [-0.2, -0.15) is 0 Å². The van der Waals surface area contributed by atoms with E-state index < -0.39 is 0 Å². The number of phenols is 1. The summed E-state index contributed by atoms with van der Waals surface area (Å²) in [7, 11) is 0. The molecule has 0 unspecified atom stereocenters. The maximum atomic E-state index is 10.2. The molecule has 0 radical (unpaired) electrons. The minimum absolute atomic E-state index is 0.218. The van der Waals surface area contributed by atoms with Crippen molar-refractivity contribution in [2.24, 2.45) is 4.99 Å². The first kappa shape index (κ1) is 20.6. The third kappa shape index (κ3) is 4.41. The molecule has 4 nitrogen and oxygen atoms in total. The van der Waals surface area contributed by atoms with Gasteiger partial charge in [-0.15, -0.1) is 6.42 Å². The Hall–Kier alpha value is -3.71. The molecule has 0 aliphatic carbocycles. The van der Waals surface area contributed by atoms with Crippen molar-refractivity contribution in [2.45, 2.75) is 26.3 Å². The highest BCUT2D eigenvalue weighted by molar-refractivity contribution is 6.17. The van der Waals surface area contributed by atoms with Crippen molar-refractivity contribution < 1.29 is 9.84 Å². The van der Waals surface area contributed by atoms with Crippen LogP contribution in [0.3, 0.4) is 0 Å². The van der Waals surface area contributed by atoms with Crippen LogP contribution in [0.2, 0.25) is 0 Å². The first-order chi connectivity index (χ1) is 15.1. The standard InChI is InChI=1S/C27H26N2O2/c1-4-15-31-23-13-14-25-24(16-23)27(21-11-9-20(10-12-21)19(2)3)28-18-29(25)17-22-7-5-6-8-26(22)30/h1,5-14,16,19,30H,15,17-18H2,2-3H3. The number of ether oxygens (including phenoxy) is 1. The molecule has 0 spiro atoms. The Labute approximate surface area is 183 Å². The number of benzene rings is 3. The fourth-order valence-electron chi connectivity index (χ4n) is 3.77. The van der Waals surface area contributed by atoms with Gasteiger partial charge >= 0.3 is 0 Å². The van der Waals surface area contributed by atoms with E-state index >= 15 is 0 Å². The fraction of sp³-hybridized carbons (Fsp3) is 0.222. The molecule has 156 valence electrons. The maximum Gasteiger partial charge on any atom is 0.148 e. The maximum absolute atomic E-state index is 10.2. The van der Waals surface area contributed by atoms with Gasteiger partial charge < -0.3 is 14.7 Å². The van der Waals surface area contributed by atoms with Crippen LogP contribution in [0.1, 0.15) is 42.0 Å². The van der Waals surface area contributed by atoms with Gasteiger partial charge in [-0.3, -0.25) is 4.99 Å². The van der Waals surface area contributed by atoms with Crippen molar-refractivity contribution in [3.8, 4) is 23.8 Å². The molecule has 4 heteroatoms. The number of phenolic OH excluding ortho intramolecular Hbond substituents is 1. The Morgan fingerprint density at radius 1 is 1.10 bits per heavy atom. The van der Waals surface area contributed by atoms with E-state index in [4.69, 9.17) is 16.2 Å². The third-order valence-electron chi connectivity index (χ3n) is 5.49. The molecule has 3 aromatic rings. The zero-order valence-corrected chi connectivity index (χ0v) is 17.9. The van der Waals surface area contributed by atoms with Crippen LogP contribution in [0.15, 0.2) is 71.7 Å². The second kappa shape index (κ2) is 8.97. The predicted octanol–water partition coefficient (Wildman–Crippen LogP) is 5.34. The molecule has 0 atom stereocenters. The highest BCUT2D eigenvalue weighted by Crippen LogP contribution is 2.33. The van der Waals surface area contributed by atoms with E-state index in [9.17, 15) is 5.11 Å². The Morgan fingerprint density at radius 3 is 2.58 bits per heavy atom. The minimum Gasteiger partial charge on any atom is -0.508 e. The molecule has 1 aliphatic heterocycles. The molecule has 4 rings (SSSR count). The highest BCUT2D eigenvalue weighted by Gasteiger charge is 2.23. The van der Waals surface area contributed by atoms with Crippen LogP contribution in [-0.4, -0.2) is 24.1 Å². The molecule has 0 saturated heterocycles. The van der Waals surface area contributed by atoms with Crippen LogP contribution in [0, 0.1) is 12.3 Å². The lowest BCUT2D eigenvalue weighted by Gasteiger charge is -2.31. The smallest absolute Gasteiger partial charge is 0.148 e. The first-order valence-corrected chi connectivity index (χ1v) is 10.4. The molecule has 0 fully saturated rings. The van der Waals surface area contributed by atoms with Crippen molar-refractivity contribution in [3.05, 3.63) is 89.0 Å². The summed E-state index contributed by atoms with van der Waals surface area (Å²) in [5, 5.41) is 10.2. The van der Waals surface area contributed by atoms with Gasteiger partial charge in [-0.1, -0.05) is 62.2 Å². The second-order valence-corrected chi connectivity index (χ2v) is 7.92. The summed E-state index contributed by atoms with van der Waals surface area (Å²) < 4.78 is 5.68. The quantitative estimate of drug-likeness (QED) is 0.558. The Morgan fingerprint density at radius 2 is 1.87 bits per heavy atom. The van der Waals surface area contributed by atoms with Crippen molar-refractivity contribution in [2.75, 3.05) is 18.2 Å². The first-order valence-electron chi connectivity index (χ1n) is 10.4. The van der Waals surface area contributed by atoms with Gasteiger partial charge in [0.25, 0.3) is 0 Å². The van der Waals surface area contributed by atoms with Gasteiger partial charge in [-0.25, -0.2) is 0 Å². The number of anilines is 1. The number of hydrogen-bond acceptors (Lipinski definition) is 4. The number of nitrogens with zero attached hydrogens (tertiary/aromatic N) is 2. The summed E-state index contributed by atoms with van der Waals surface area (Å²) in [6, 6.07) is 22.0. The average Bonchev–Trinajstić information content (AvgIpc) is 2.79. The molecule has 31 heavy (non-hydrogen) atoms. The molecule has 0 aromatic heterocycles. The lowest BCUT2D eigenvalue weighted by molar-refractivity contribution is 0.370. The predicted molar refractivity (Wildman–Crippen MR) is 126 cm³/mol. The Kier molecular flexibility index (Phi) is 5.95. The van der Waals surface area contributed by atoms with Gasteiger partial charge in [0, 0.05) is 28.9 Å². The molecule has 1 N–H and O–H groups in total. The SMILES string of the molecule is C#CCOc1ccc2c(c1)C(c1ccc(C(C)C)cc1)=NCN2Cc1ccccc1O. The third-order valence-corrected chi connectivity index (χ3v) is 5.49. The van der Waals surface area contributed by atoms with E-state index in [1.807, 2.05) is 36.4 Å². The molecule has 1 heterocycles. The van der Waals surface area contributed by atoms with E-state index in [0.29, 0.717) is 24.9 Å². The van der Waals surface area contributed by atoms with Crippen LogP contribution in [0.5, 0.6) is 11.5 Å². The van der Waals surface area contributed by atoms with E-state index in [1.165, 1.54) is 5.56 Å². The minimum atomic E-state index is 0.218. The van der Waals surface area contributed by atoms with Crippen LogP contribution < -0.4 is 9.64 Å². The number of aromatic hydroxyl groups is 1. The van der Waals surface area contributed by atoms with E-state index in [1.54, 1.807) is 6.07 Å². The van der Waals surface area contributed by atoms with Gasteiger partial charge in [-0.05, 0) is 35.7 Å². The van der Waals surface area contributed by atoms with Gasteiger partial charge in [0.2, 0.25) is 0 Å². The van der Waals surface area contributed by atoms with Crippen molar-refractivity contribution >= 4 is 11.4 Å². The molecular weight excluding hydrogens is 384 g/mol. The lowest BCUT2D eigenvalue weighted by atomic mass is 9.95. The molecule has 0 bridgehead atoms. The average molecular weight is 411 g/mol. The summed E-state index contributed by atoms with van der Waals surface area (Å²) in [5.74, 6) is 4.00. The topological polar surface area (TPSA) is 45.1 Å². The number of para-hydroxylation sites is 1. The fourth-order valence-corrected chi connectivity index (χ4v) is 3.77. The highest BCUT2D eigenvalue weighted by atomic mass is 16.5.